The molecule has 0 fully saturated rings. The fraction of sp³-hybridized carbons (Fsp3) is 0.382. The molecule has 2 aromatic heterocycles. The quantitative estimate of drug-likeness (QED) is 0.135. The number of fused-ring (bicyclic) bond motifs is 4. The Hall–Kier alpha value is -3.98. The number of rotatable bonds is 0. The van der Waals surface area contributed by atoms with Gasteiger partial charge in [0.15, 0.2) is 0 Å². The third-order valence-corrected chi connectivity index (χ3v) is 23.2. The fourth-order valence-electron chi connectivity index (χ4n) is 20.0. The van der Waals surface area contributed by atoms with E-state index in [4.69, 9.17) is 0 Å². The molecule has 57 heavy (non-hydrogen) atoms. The van der Waals surface area contributed by atoms with Crippen LogP contribution < -0.4 is 0 Å². The number of aryl methyl sites for hydroxylation is 4. The molecule has 0 radical (unpaired) electrons. The molecule has 14 aliphatic carbocycles. The average molecular weight is 763 g/mol. The molecule has 4 aromatic carbocycles. The molecular formula is C55H38S2. The van der Waals surface area contributed by atoms with Crippen molar-refractivity contribution < 1.29 is 0 Å². The van der Waals surface area contributed by atoms with Gasteiger partial charge in [0.2, 0.25) is 0 Å². The summed E-state index contributed by atoms with van der Waals surface area (Å²) in [5.74, 6) is 4.70. The Balaban J connectivity index is 1.05. The SMILES string of the molecule is Cc1sc(C)c2c1CC1C3C=C4CC5=CC6C7c8c9c%10c%11c%12c%13c%14c%15c(c%16c%13c%13c(c4c5c7c%13c8%12)C%163)C1(CC%15=CC(C=C%10CC91Cc3c(C)sc(C)c3CC61)C%14%11)C2. The first kappa shape index (κ1) is 27.7. The lowest BCUT2D eigenvalue weighted by molar-refractivity contribution is 0.168. The van der Waals surface area contributed by atoms with Gasteiger partial charge in [0.25, 0.3) is 0 Å². The zero-order chi connectivity index (χ0) is 36.1. The second kappa shape index (κ2) is 7.43. The summed E-state index contributed by atoms with van der Waals surface area (Å²) in [7, 11) is 0. The maximum absolute atomic E-state index is 2.99. The van der Waals surface area contributed by atoms with Crippen LogP contribution in [0.5, 0.6) is 0 Å². The van der Waals surface area contributed by atoms with Gasteiger partial charge >= 0.3 is 0 Å². The lowest BCUT2D eigenvalue weighted by Crippen LogP contribution is -2.49. The van der Waals surface area contributed by atoms with Crippen LogP contribution in [-0.2, 0) is 36.5 Å². The molecule has 0 saturated carbocycles. The van der Waals surface area contributed by atoms with E-state index in [-0.39, 0.29) is 10.8 Å². The van der Waals surface area contributed by atoms with E-state index in [1.807, 2.05) is 77.2 Å². The highest BCUT2D eigenvalue weighted by Crippen LogP contribution is 2.81. The summed E-state index contributed by atoms with van der Waals surface area (Å²) in [6, 6.07) is 0. The molecule has 2 heteroatoms. The van der Waals surface area contributed by atoms with Crippen molar-refractivity contribution in [2.45, 2.75) is 101 Å². The Morgan fingerprint density at radius 3 is 1.33 bits per heavy atom. The second-order valence-corrected chi connectivity index (χ2v) is 24.9. The minimum atomic E-state index is 0.226. The van der Waals surface area contributed by atoms with E-state index in [1.165, 1.54) is 44.9 Å². The second-order valence-electron chi connectivity index (χ2n) is 22.1. The van der Waals surface area contributed by atoms with Gasteiger partial charge in [-0.25, -0.2) is 0 Å². The summed E-state index contributed by atoms with van der Waals surface area (Å²) in [6.07, 6.45) is 20.7. The summed E-state index contributed by atoms with van der Waals surface area (Å²) in [4.78, 5) is 6.46. The van der Waals surface area contributed by atoms with Gasteiger partial charge in [-0.15, -0.1) is 22.7 Å². The van der Waals surface area contributed by atoms with Crippen LogP contribution in [0, 0.1) is 57.3 Å². The molecule has 0 N–H and O–H groups in total. The van der Waals surface area contributed by atoms with E-state index in [0.717, 1.165) is 0 Å². The monoisotopic (exact) mass is 762 g/mol. The molecule has 2 spiro atoms. The van der Waals surface area contributed by atoms with Crippen molar-refractivity contribution in [3.8, 4) is 0 Å². The van der Waals surface area contributed by atoms with Gasteiger partial charge in [0.1, 0.15) is 0 Å². The number of allylic oxidation sites excluding steroid dienone is 8. The van der Waals surface area contributed by atoms with Crippen LogP contribution in [0.25, 0.3) is 54.6 Å². The molecule has 270 valence electrons. The molecule has 8 atom stereocenters. The standard InChI is InChI=1S/C55H38S2/c1-16-25-10-31-27-8-21-5-22-9-28-32-11-26-17(2)57-19(4)30(26)15-55(32)13-24-7-20-6-23-12-54(31,14-29(25)18(3)56-16)52-36(23)40-35(20)41-37(24)53(55)51-39(28)43-34(22)33(21)42-38(27)50(52)48-44(40)45(41)49(51)47(43)46(42)48/h6-9,20,27-28,31-32,35,38-39H,5,10-15H2,1-4H3. The summed E-state index contributed by atoms with van der Waals surface area (Å²) in [6.45, 7) is 9.83. The predicted molar refractivity (Wildman–Crippen MR) is 233 cm³/mol. The molecule has 0 nitrogen and oxygen atoms in total. The summed E-state index contributed by atoms with van der Waals surface area (Å²) >= 11 is 4.22. The van der Waals surface area contributed by atoms with Crippen molar-refractivity contribution in [3.05, 3.63) is 133 Å². The van der Waals surface area contributed by atoms with E-state index >= 15 is 0 Å². The number of hydrogen-bond donors (Lipinski definition) is 0. The Morgan fingerprint density at radius 1 is 0.439 bits per heavy atom. The Labute approximate surface area is 339 Å². The first-order valence-corrected chi connectivity index (χ1v) is 24.2. The summed E-state index contributed by atoms with van der Waals surface area (Å²) in [5.41, 5.74) is 36.6. The highest BCUT2D eigenvalue weighted by Gasteiger charge is 2.68. The van der Waals surface area contributed by atoms with Crippen molar-refractivity contribution in [1.29, 1.82) is 0 Å². The molecule has 14 aliphatic rings. The van der Waals surface area contributed by atoms with Crippen LogP contribution in [0.1, 0.15) is 146 Å². The first-order valence-electron chi connectivity index (χ1n) is 22.6. The Kier molecular flexibility index (Phi) is 3.60. The molecule has 0 amide bonds. The molecule has 8 unspecified atom stereocenters. The molecule has 6 aromatic rings. The molecule has 0 bridgehead atoms. The molecule has 2 heterocycles. The van der Waals surface area contributed by atoms with Gasteiger partial charge in [-0.05, 0) is 240 Å². The largest absolute Gasteiger partial charge is 0.145 e. The van der Waals surface area contributed by atoms with Gasteiger partial charge in [-0.3, -0.25) is 0 Å². The van der Waals surface area contributed by atoms with E-state index < -0.39 is 0 Å². The van der Waals surface area contributed by atoms with Crippen molar-refractivity contribution in [2.24, 2.45) is 29.6 Å². The lowest BCUT2D eigenvalue weighted by Gasteiger charge is -2.54. The third kappa shape index (κ3) is 2.19. The maximum Gasteiger partial charge on any atom is 0.0212 e. The topological polar surface area (TPSA) is 0 Å². The Morgan fingerprint density at radius 2 is 0.860 bits per heavy atom. The first-order chi connectivity index (χ1) is 27.9. The van der Waals surface area contributed by atoms with E-state index in [9.17, 15) is 0 Å². The number of hydrogen-bond acceptors (Lipinski definition) is 2. The maximum atomic E-state index is 2.99. The summed E-state index contributed by atoms with van der Waals surface area (Å²) in [5, 5.41) is 10.8. The van der Waals surface area contributed by atoms with Crippen molar-refractivity contribution in [3.63, 3.8) is 0 Å². The van der Waals surface area contributed by atoms with Crippen LogP contribution in [0.3, 0.4) is 0 Å². The zero-order valence-electron chi connectivity index (χ0n) is 32.7. The Bertz CT molecular complexity index is 3360. The smallest absolute Gasteiger partial charge is 0.0212 e. The molecule has 0 aliphatic heterocycles. The van der Waals surface area contributed by atoms with Crippen LogP contribution in [0.4, 0.5) is 0 Å². The molecule has 20 rings (SSSR count). The van der Waals surface area contributed by atoms with Gasteiger partial charge in [-0.1, -0.05) is 24.3 Å². The normalized spacial score (nSPS) is 37.2. The highest BCUT2D eigenvalue weighted by molar-refractivity contribution is 7.12. The van der Waals surface area contributed by atoms with Gasteiger partial charge in [-0.2, -0.15) is 0 Å². The van der Waals surface area contributed by atoms with Gasteiger partial charge in [0, 0.05) is 54.0 Å². The number of benzene rings is 4. The van der Waals surface area contributed by atoms with Gasteiger partial charge < -0.3 is 0 Å². The van der Waals surface area contributed by atoms with Crippen molar-refractivity contribution in [1.82, 2.24) is 0 Å². The van der Waals surface area contributed by atoms with Crippen LogP contribution in [0.15, 0.2) is 24.3 Å². The third-order valence-electron chi connectivity index (χ3n) is 21.0. The zero-order valence-corrected chi connectivity index (χ0v) is 34.3. The minimum absolute atomic E-state index is 0.226. The molecule has 0 saturated heterocycles. The highest BCUT2D eigenvalue weighted by atomic mass is 32.1. The van der Waals surface area contributed by atoms with E-state index in [2.05, 4.69) is 74.7 Å². The minimum Gasteiger partial charge on any atom is -0.145 e. The predicted octanol–water partition coefficient (Wildman–Crippen LogP) is 12.8. The van der Waals surface area contributed by atoms with Crippen LogP contribution >= 0.6 is 22.7 Å². The molecular weight excluding hydrogens is 725 g/mol. The average Bonchev–Trinajstić information content (AvgIpc) is 4.06. The fourth-order valence-corrected chi connectivity index (χ4v) is 22.2. The van der Waals surface area contributed by atoms with Crippen molar-refractivity contribution in [2.75, 3.05) is 0 Å². The van der Waals surface area contributed by atoms with Crippen LogP contribution in [-0.4, -0.2) is 0 Å². The van der Waals surface area contributed by atoms with E-state index in [0.29, 0.717) is 47.3 Å². The lowest BCUT2D eigenvalue weighted by atomic mass is 9.49. The summed E-state index contributed by atoms with van der Waals surface area (Å²) < 4.78 is 0. The van der Waals surface area contributed by atoms with E-state index in [1.54, 1.807) is 86.0 Å². The van der Waals surface area contributed by atoms with Crippen LogP contribution in [0.2, 0.25) is 0 Å². The van der Waals surface area contributed by atoms with Crippen molar-refractivity contribution >= 4 is 77.3 Å². The van der Waals surface area contributed by atoms with Gasteiger partial charge in [0.05, 0.1) is 0 Å². The number of thiophene rings is 2.